The number of hydrogen-bond donors (Lipinski definition) is 2. The van der Waals surface area contributed by atoms with Crippen molar-refractivity contribution in [2.75, 3.05) is 0 Å². The third kappa shape index (κ3) is 1.03. The molecule has 0 aromatic carbocycles. The summed E-state index contributed by atoms with van der Waals surface area (Å²) < 4.78 is 0. The SMILES string of the molecule is OB(O)[C@H]1C=CC=C2N=NC=C21. The van der Waals surface area contributed by atoms with Crippen LogP contribution in [0.15, 0.2) is 45.9 Å². The van der Waals surface area contributed by atoms with Gasteiger partial charge in [-0.25, -0.2) is 0 Å². The van der Waals surface area contributed by atoms with E-state index in [9.17, 15) is 0 Å². The Hall–Kier alpha value is -1.20. The normalized spacial score (nSPS) is 25.0. The number of rotatable bonds is 1. The second-order valence-corrected chi connectivity index (χ2v) is 2.68. The van der Waals surface area contributed by atoms with Gasteiger partial charge in [0.2, 0.25) is 0 Å². The lowest BCUT2D eigenvalue weighted by Gasteiger charge is -2.15. The number of azo groups is 1. The highest BCUT2D eigenvalue weighted by Crippen LogP contribution is 2.35. The van der Waals surface area contributed by atoms with E-state index < -0.39 is 7.12 Å². The molecule has 0 saturated carbocycles. The Morgan fingerprint density at radius 2 is 2.25 bits per heavy atom. The van der Waals surface area contributed by atoms with Crippen molar-refractivity contribution >= 4 is 7.12 Å². The molecule has 0 spiro atoms. The molecule has 0 fully saturated rings. The van der Waals surface area contributed by atoms with Gasteiger partial charge in [-0.2, -0.15) is 10.2 Å². The van der Waals surface area contributed by atoms with Gasteiger partial charge in [0, 0.05) is 11.4 Å². The zero-order valence-electron chi connectivity index (χ0n) is 6.25. The molecule has 2 N–H and O–H groups in total. The first-order chi connectivity index (χ1) is 5.79. The standard InChI is InChI=1S/C7H7BN2O2/c11-8(12)6-2-1-3-7-5(6)4-9-10-7/h1-4,6,11-12H/t6-/m0/s1. The van der Waals surface area contributed by atoms with Crippen LogP contribution < -0.4 is 0 Å². The lowest BCUT2D eigenvalue weighted by molar-refractivity contribution is 0.400. The molecule has 2 aliphatic rings. The first-order valence-electron chi connectivity index (χ1n) is 3.65. The predicted molar refractivity (Wildman–Crippen MR) is 44.1 cm³/mol. The van der Waals surface area contributed by atoms with Crippen molar-refractivity contribution in [3.8, 4) is 0 Å². The van der Waals surface area contributed by atoms with Crippen LogP contribution in [0.5, 0.6) is 0 Å². The van der Waals surface area contributed by atoms with Gasteiger partial charge in [-0.3, -0.25) is 0 Å². The third-order valence-corrected chi connectivity index (χ3v) is 1.91. The topological polar surface area (TPSA) is 65.2 Å². The summed E-state index contributed by atoms with van der Waals surface area (Å²) in [6, 6.07) is 0. The first-order valence-corrected chi connectivity index (χ1v) is 3.65. The Balaban J connectivity index is 2.33. The molecular formula is C7H7BN2O2. The molecule has 0 amide bonds. The molecule has 60 valence electrons. The van der Waals surface area contributed by atoms with E-state index in [4.69, 9.17) is 10.0 Å². The van der Waals surface area contributed by atoms with E-state index in [0.29, 0.717) is 0 Å². The molecule has 1 atom stereocenters. The van der Waals surface area contributed by atoms with Crippen molar-refractivity contribution in [3.05, 3.63) is 35.7 Å². The number of fused-ring (bicyclic) bond motifs is 1. The van der Waals surface area contributed by atoms with Gasteiger partial charge >= 0.3 is 7.12 Å². The second kappa shape index (κ2) is 2.69. The summed E-state index contributed by atoms with van der Waals surface area (Å²) in [7, 11) is -1.38. The van der Waals surface area contributed by atoms with Crippen LogP contribution in [-0.4, -0.2) is 17.2 Å². The Labute approximate surface area is 69.8 Å². The van der Waals surface area contributed by atoms with Gasteiger partial charge in [0.25, 0.3) is 0 Å². The van der Waals surface area contributed by atoms with Crippen LogP contribution in [0.1, 0.15) is 0 Å². The molecule has 5 heteroatoms. The Bertz CT molecular complexity index is 317. The average Bonchev–Trinajstić information content (AvgIpc) is 2.49. The van der Waals surface area contributed by atoms with E-state index in [1.807, 2.05) is 0 Å². The molecule has 1 aliphatic carbocycles. The maximum absolute atomic E-state index is 8.98. The van der Waals surface area contributed by atoms with Gasteiger partial charge in [-0.05, 0) is 6.08 Å². The molecule has 0 bridgehead atoms. The van der Waals surface area contributed by atoms with Gasteiger partial charge in [0.1, 0.15) is 0 Å². The van der Waals surface area contributed by atoms with Crippen molar-refractivity contribution in [2.45, 2.75) is 5.82 Å². The Kier molecular flexibility index (Phi) is 1.67. The zero-order valence-corrected chi connectivity index (χ0v) is 6.25. The van der Waals surface area contributed by atoms with Crippen LogP contribution in [0.3, 0.4) is 0 Å². The summed E-state index contributed by atoms with van der Waals surface area (Å²) >= 11 is 0. The van der Waals surface area contributed by atoms with E-state index in [2.05, 4.69) is 10.2 Å². The minimum Gasteiger partial charge on any atom is -0.426 e. The van der Waals surface area contributed by atoms with Gasteiger partial charge in [0.05, 0.1) is 11.9 Å². The maximum atomic E-state index is 8.98. The minimum absolute atomic E-state index is 0.389. The Morgan fingerprint density at radius 1 is 1.42 bits per heavy atom. The van der Waals surface area contributed by atoms with Gasteiger partial charge in [0.15, 0.2) is 0 Å². The fraction of sp³-hybridized carbons (Fsp3) is 0.143. The lowest BCUT2D eigenvalue weighted by Crippen LogP contribution is -2.21. The van der Waals surface area contributed by atoms with Crippen LogP contribution in [0.2, 0.25) is 5.82 Å². The monoisotopic (exact) mass is 162 g/mol. The molecule has 12 heavy (non-hydrogen) atoms. The Morgan fingerprint density at radius 3 is 3.00 bits per heavy atom. The van der Waals surface area contributed by atoms with Gasteiger partial charge < -0.3 is 10.0 Å². The summed E-state index contributed by atoms with van der Waals surface area (Å²) in [6.45, 7) is 0. The van der Waals surface area contributed by atoms with E-state index in [1.54, 1.807) is 24.4 Å². The van der Waals surface area contributed by atoms with Crippen molar-refractivity contribution in [3.63, 3.8) is 0 Å². The first kappa shape index (κ1) is 7.45. The van der Waals surface area contributed by atoms with Crippen molar-refractivity contribution in [1.29, 1.82) is 0 Å². The highest BCUT2D eigenvalue weighted by atomic mass is 16.4. The number of hydrogen-bond acceptors (Lipinski definition) is 4. The quantitative estimate of drug-likeness (QED) is 0.555. The van der Waals surface area contributed by atoms with E-state index in [0.717, 1.165) is 11.3 Å². The average molecular weight is 162 g/mol. The second-order valence-electron chi connectivity index (χ2n) is 2.68. The molecule has 4 nitrogen and oxygen atoms in total. The van der Waals surface area contributed by atoms with Crippen LogP contribution in [0.4, 0.5) is 0 Å². The maximum Gasteiger partial charge on any atom is 0.463 e. The largest absolute Gasteiger partial charge is 0.463 e. The fourth-order valence-corrected chi connectivity index (χ4v) is 1.29. The minimum atomic E-state index is -1.38. The summed E-state index contributed by atoms with van der Waals surface area (Å²) in [5, 5.41) is 25.5. The molecule has 0 aromatic heterocycles. The number of allylic oxidation sites excluding steroid dienone is 4. The van der Waals surface area contributed by atoms with Crippen LogP contribution in [-0.2, 0) is 0 Å². The molecule has 0 unspecified atom stereocenters. The van der Waals surface area contributed by atoms with E-state index in [-0.39, 0.29) is 5.82 Å². The molecule has 0 radical (unpaired) electrons. The predicted octanol–water partition coefficient (Wildman–Crippen LogP) is 0.633. The summed E-state index contributed by atoms with van der Waals surface area (Å²) in [6.07, 6.45) is 6.82. The zero-order chi connectivity index (χ0) is 8.55. The fourth-order valence-electron chi connectivity index (χ4n) is 1.29. The number of nitrogens with zero attached hydrogens (tertiary/aromatic N) is 2. The summed E-state index contributed by atoms with van der Waals surface area (Å²) in [5.74, 6) is -0.389. The van der Waals surface area contributed by atoms with Gasteiger partial charge in [-0.15, -0.1) is 0 Å². The van der Waals surface area contributed by atoms with Crippen molar-refractivity contribution in [1.82, 2.24) is 0 Å². The molecule has 1 heterocycles. The van der Waals surface area contributed by atoms with Crippen molar-refractivity contribution in [2.24, 2.45) is 10.2 Å². The third-order valence-electron chi connectivity index (χ3n) is 1.91. The molecule has 0 saturated heterocycles. The van der Waals surface area contributed by atoms with E-state index in [1.165, 1.54) is 0 Å². The smallest absolute Gasteiger partial charge is 0.426 e. The molecule has 1 aliphatic heterocycles. The van der Waals surface area contributed by atoms with Crippen molar-refractivity contribution < 1.29 is 10.0 Å². The molecular weight excluding hydrogens is 155 g/mol. The van der Waals surface area contributed by atoms with Crippen LogP contribution in [0.25, 0.3) is 0 Å². The van der Waals surface area contributed by atoms with Crippen LogP contribution in [0, 0.1) is 0 Å². The highest BCUT2D eigenvalue weighted by Gasteiger charge is 2.30. The summed E-state index contributed by atoms with van der Waals surface area (Å²) in [4.78, 5) is 0. The lowest BCUT2D eigenvalue weighted by atomic mass is 9.66. The highest BCUT2D eigenvalue weighted by molar-refractivity contribution is 6.45. The van der Waals surface area contributed by atoms with Crippen LogP contribution >= 0.6 is 0 Å². The van der Waals surface area contributed by atoms with Gasteiger partial charge in [-0.1, -0.05) is 12.2 Å². The molecule has 2 rings (SSSR count). The van der Waals surface area contributed by atoms with E-state index >= 15 is 0 Å². The molecule has 0 aromatic rings. The summed E-state index contributed by atoms with van der Waals surface area (Å²) in [5.41, 5.74) is 1.49.